The molecule has 0 aliphatic carbocycles. The monoisotopic (exact) mass is 120 g/mol. The van der Waals surface area contributed by atoms with Gasteiger partial charge in [0.2, 0.25) is 0 Å². The second-order valence-corrected chi connectivity index (χ2v) is 0. The number of hydrogen-bond acceptors (Lipinski definition) is 0. The summed E-state index contributed by atoms with van der Waals surface area (Å²) in [5, 5.41) is 0. The van der Waals surface area contributed by atoms with E-state index < -0.39 is 0 Å². The van der Waals surface area contributed by atoms with Gasteiger partial charge < -0.3 is 0 Å². The number of rotatable bonds is 0. The van der Waals surface area contributed by atoms with E-state index in [1.807, 2.05) is 0 Å². The molecule has 0 aliphatic heterocycles. The molecule has 0 unspecified atom stereocenters. The minimum absolute atomic E-state index is 0. The molecule has 5 heteroatoms. The first-order valence-corrected chi connectivity index (χ1v) is 0. The molecule has 12 radical (unpaired) electrons. The Morgan fingerprint density at radius 3 is 0.400 bits per heavy atom. The van der Waals surface area contributed by atoms with E-state index in [0.717, 1.165) is 0 Å². The molecule has 0 amide bonds. The van der Waals surface area contributed by atoms with Crippen LogP contribution in [0, 0.1) is 0 Å². The van der Waals surface area contributed by atoms with Crippen molar-refractivity contribution in [2.24, 2.45) is 0 Å². The average Bonchev–Trinajstić information content (AvgIpc) is 0. The van der Waals surface area contributed by atoms with Gasteiger partial charge in [0.1, 0.15) is 0 Å². The summed E-state index contributed by atoms with van der Waals surface area (Å²) < 4.78 is 0. The van der Waals surface area contributed by atoms with Crippen molar-refractivity contribution in [3.8, 4) is 0 Å². The SMILES string of the molecule is [N].[N].[N].[N].[Zn]. The van der Waals surface area contributed by atoms with Gasteiger partial charge in [-0.15, -0.1) is 0 Å². The Hall–Kier alpha value is 0.463. The van der Waals surface area contributed by atoms with Crippen LogP contribution in [0.15, 0.2) is 0 Å². The largest absolute Gasteiger partial charge is 0 e. The molecule has 4 nitrogen and oxygen atoms in total. The normalized spacial score (nSPS) is 0. The fourth-order valence-electron chi connectivity index (χ4n) is 0. The molecule has 0 bridgehead atoms. The summed E-state index contributed by atoms with van der Waals surface area (Å²) in [6.07, 6.45) is 0. The summed E-state index contributed by atoms with van der Waals surface area (Å²) in [5.41, 5.74) is 0. The fraction of sp³-hybridized carbons (Fsp3) is 0. The van der Waals surface area contributed by atoms with Gasteiger partial charge in [0.25, 0.3) is 0 Å². The van der Waals surface area contributed by atoms with Crippen molar-refractivity contribution >= 4 is 0 Å². The van der Waals surface area contributed by atoms with E-state index in [0.29, 0.717) is 0 Å². The third kappa shape index (κ3) is 126. The van der Waals surface area contributed by atoms with E-state index in [1.54, 1.807) is 0 Å². The van der Waals surface area contributed by atoms with Crippen molar-refractivity contribution in [1.29, 1.82) is 0 Å². The van der Waals surface area contributed by atoms with Crippen LogP contribution in [0.2, 0.25) is 0 Å². The van der Waals surface area contributed by atoms with Crippen LogP contribution in [0.5, 0.6) is 0 Å². The summed E-state index contributed by atoms with van der Waals surface area (Å²) in [6, 6.07) is 0. The Kier molecular flexibility index (Phi) is 25300. The molecule has 0 heterocycles. The molecule has 0 rings (SSSR count). The zero-order valence-electron chi connectivity index (χ0n) is 2.50. The maximum Gasteiger partial charge on any atom is 0 e. The van der Waals surface area contributed by atoms with Gasteiger partial charge in [0, 0.05) is 44.1 Å². The number of nitrogens with zero attached hydrogens (tertiary/aromatic N) is 4. The molecule has 0 saturated carbocycles. The van der Waals surface area contributed by atoms with Crippen molar-refractivity contribution in [3.05, 3.63) is 0 Å². The van der Waals surface area contributed by atoms with Crippen LogP contribution in [0.4, 0.5) is 0 Å². The first-order chi connectivity index (χ1) is 0. The Morgan fingerprint density at radius 1 is 0.400 bits per heavy atom. The van der Waals surface area contributed by atoms with Crippen LogP contribution >= 0.6 is 0 Å². The summed E-state index contributed by atoms with van der Waals surface area (Å²) >= 11 is 0. The van der Waals surface area contributed by atoms with E-state index in [-0.39, 0.29) is 44.1 Å². The average molecular weight is 121 g/mol. The van der Waals surface area contributed by atoms with Crippen LogP contribution in [0.3, 0.4) is 0 Å². The Balaban J connectivity index is 0. The molecule has 0 fully saturated rings. The third-order valence-electron chi connectivity index (χ3n) is 0. The standard InChI is InChI=1S/4N.Zn. The summed E-state index contributed by atoms with van der Waals surface area (Å²) in [6.45, 7) is 0. The first-order valence-electron chi connectivity index (χ1n) is 0. The minimum Gasteiger partial charge on any atom is 0 e. The second-order valence-electron chi connectivity index (χ2n) is 0. The smallest absolute Gasteiger partial charge is 0 e. The quantitative estimate of drug-likeness (QED) is 0.332. The van der Waals surface area contributed by atoms with Gasteiger partial charge in [-0.1, -0.05) is 0 Å². The van der Waals surface area contributed by atoms with Crippen LogP contribution in [0.1, 0.15) is 0 Å². The van der Waals surface area contributed by atoms with Crippen LogP contribution in [0.25, 0.3) is 0 Å². The molecule has 0 spiro atoms. The second kappa shape index (κ2) is 249. The van der Waals surface area contributed by atoms with Crippen molar-refractivity contribution in [1.82, 2.24) is 24.6 Å². The third-order valence-corrected chi connectivity index (χ3v) is 0. The van der Waals surface area contributed by atoms with Gasteiger partial charge in [0.15, 0.2) is 0 Å². The summed E-state index contributed by atoms with van der Waals surface area (Å²) in [4.78, 5) is 0. The predicted octanol–water partition coefficient (Wildman–Crippen LogP) is -1.92. The molecule has 0 aromatic carbocycles. The van der Waals surface area contributed by atoms with Crippen LogP contribution in [-0.2, 0) is 19.5 Å². The van der Waals surface area contributed by atoms with Gasteiger partial charge in [-0.05, 0) is 0 Å². The molecule has 0 saturated heterocycles. The van der Waals surface area contributed by atoms with Crippen molar-refractivity contribution < 1.29 is 19.5 Å². The van der Waals surface area contributed by atoms with E-state index in [1.165, 1.54) is 0 Å². The Labute approximate surface area is 44.8 Å². The van der Waals surface area contributed by atoms with E-state index in [9.17, 15) is 0 Å². The predicted molar refractivity (Wildman–Crippen MR) is 8.54 cm³/mol. The molecule has 0 atom stereocenters. The zero-order valence-corrected chi connectivity index (χ0v) is 5.46. The van der Waals surface area contributed by atoms with E-state index in [4.69, 9.17) is 0 Å². The maximum atomic E-state index is 0. The molecule has 5 heavy (non-hydrogen) atoms. The number of hydrogen-bond donors (Lipinski definition) is 0. The molecule has 0 N–H and O–H groups in total. The summed E-state index contributed by atoms with van der Waals surface area (Å²) in [5.74, 6) is 0. The van der Waals surface area contributed by atoms with Gasteiger partial charge >= 0.3 is 0 Å². The van der Waals surface area contributed by atoms with Gasteiger partial charge in [0.05, 0.1) is 0 Å². The first kappa shape index (κ1) is 507. The molecule has 0 aliphatic rings. The Bertz CT molecular complexity index is 3.61. The molecular weight excluding hydrogens is 121 g/mol. The van der Waals surface area contributed by atoms with Crippen LogP contribution < -0.4 is 24.6 Å². The molecule has 0 aromatic heterocycles. The maximum absolute atomic E-state index is 0. The van der Waals surface area contributed by atoms with E-state index in [2.05, 4.69) is 0 Å². The van der Waals surface area contributed by atoms with Crippen molar-refractivity contribution in [2.75, 3.05) is 0 Å². The molecular formula is N4Zn. The van der Waals surface area contributed by atoms with Crippen molar-refractivity contribution in [2.45, 2.75) is 0 Å². The summed E-state index contributed by atoms with van der Waals surface area (Å²) in [7, 11) is 0. The van der Waals surface area contributed by atoms with Gasteiger partial charge in [-0.3, -0.25) is 0 Å². The van der Waals surface area contributed by atoms with Crippen LogP contribution in [-0.4, -0.2) is 0 Å². The van der Waals surface area contributed by atoms with Gasteiger partial charge in [-0.2, -0.15) is 0 Å². The van der Waals surface area contributed by atoms with Gasteiger partial charge in [-0.25, -0.2) is 0 Å². The fourth-order valence-corrected chi connectivity index (χ4v) is 0. The topological polar surface area (TPSA) is 122 Å². The Morgan fingerprint density at radius 2 is 0.400 bits per heavy atom. The zero-order chi connectivity index (χ0) is 0. The molecule has 0 aromatic rings. The molecule has 22 valence electrons. The minimum atomic E-state index is 0. The van der Waals surface area contributed by atoms with Crippen molar-refractivity contribution in [3.63, 3.8) is 0 Å². The van der Waals surface area contributed by atoms with E-state index >= 15 is 0 Å².